The Bertz CT molecular complexity index is 275. The number of hydrogen-bond donors (Lipinski definition) is 2. The SMILES string of the molecule is C=CCOCCCC(=O)NCC1=CCNCC1. The van der Waals surface area contributed by atoms with Gasteiger partial charge in [0.15, 0.2) is 0 Å². The van der Waals surface area contributed by atoms with Gasteiger partial charge in [-0.2, -0.15) is 0 Å². The van der Waals surface area contributed by atoms with Gasteiger partial charge in [0, 0.05) is 26.1 Å². The Kier molecular flexibility index (Phi) is 7.34. The van der Waals surface area contributed by atoms with Crippen LogP contribution in [-0.4, -0.2) is 38.8 Å². The molecule has 0 aromatic heterocycles. The molecule has 4 heteroatoms. The van der Waals surface area contributed by atoms with Gasteiger partial charge in [-0.15, -0.1) is 6.58 Å². The van der Waals surface area contributed by atoms with Crippen molar-refractivity contribution in [1.29, 1.82) is 0 Å². The Balaban J connectivity index is 2.00. The van der Waals surface area contributed by atoms with Crippen LogP contribution in [0.4, 0.5) is 0 Å². The summed E-state index contributed by atoms with van der Waals surface area (Å²) in [5.74, 6) is 0.103. The van der Waals surface area contributed by atoms with Gasteiger partial charge in [0.2, 0.25) is 5.91 Å². The molecule has 0 bridgehead atoms. The zero-order chi connectivity index (χ0) is 12.3. The molecule has 1 aliphatic heterocycles. The number of amides is 1. The predicted octanol–water partition coefficient (Wildman–Crippen LogP) is 1.01. The normalized spacial score (nSPS) is 15.2. The molecule has 2 N–H and O–H groups in total. The van der Waals surface area contributed by atoms with Crippen molar-refractivity contribution >= 4 is 5.91 Å². The van der Waals surface area contributed by atoms with E-state index in [-0.39, 0.29) is 5.91 Å². The van der Waals surface area contributed by atoms with E-state index in [9.17, 15) is 4.79 Å². The molecule has 1 rings (SSSR count). The van der Waals surface area contributed by atoms with Crippen LogP contribution in [0.3, 0.4) is 0 Å². The summed E-state index contributed by atoms with van der Waals surface area (Å²) in [4.78, 5) is 11.5. The number of carbonyl (C=O) groups excluding carboxylic acids is 1. The minimum absolute atomic E-state index is 0.103. The van der Waals surface area contributed by atoms with Crippen molar-refractivity contribution in [2.45, 2.75) is 19.3 Å². The zero-order valence-electron chi connectivity index (χ0n) is 10.3. The average molecular weight is 238 g/mol. The van der Waals surface area contributed by atoms with Gasteiger partial charge in [-0.1, -0.05) is 17.7 Å². The summed E-state index contributed by atoms with van der Waals surface area (Å²) in [6.07, 6.45) is 6.19. The van der Waals surface area contributed by atoms with E-state index in [0.29, 0.717) is 26.2 Å². The topological polar surface area (TPSA) is 50.4 Å². The third-order valence-corrected chi connectivity index (χ3v) is 2.60. The molecule has 1 aliphatic rings. The lowest BCUT2D eigenvalue weighted by atomic mass is 10.1. The van der Waals surface area contributed by atoms with Crippen LogP contribution < -0.4 is 10.6 Å². The highest BCUT2D eigenvalue weighted by atomic mass is 16.5. The zero-order valence-corrected chi connectivity index (χ0v) is 10.3. The molecule has 0 aromatic carbocycles. The summed E-state index contributed by atoms with van der Waals surface area (Å²) in [6, 6.07) is 0. The smallest absolute Gasteiger partial charge is 0.220 e. The van der Waals surface area contributed by atoms with Crippen LogP contribution in [0.15, 0.2) is 24.3 Å². The molecule has 0 spiro atoms. The van der Waals surface area contributed by atoms with Crippen LogP contribution in [-0.2, 0) is 9.53 Å². The standard InChI is InChI=1S/C13H22N2O2/c1-2-9-17-10-3-4-13(16)15-11-12-5-7-14-8-6-12/h2,5,14H,1,3-4,6-11H2,(H,15,16). The largest absolute Gasteiger partial charge is 0.377 e. The molecule has 0 atom stereocenters. The maximum absolute atomic E-state index is 11.5. The lowest BCUT2D eigenvalue weighted by Crippen LogP contribution is -2.29. The number of ether oxygens (including phenoxy) is 1. The van der Waals surface area contributed by atoms with Crippen LogP contribution >= 0.6 is 0 Å². The molecule has 0 unspecified atom stereocenters. The molecule has 0 saturated heterocycles. The Morgan fingerprint density at radius 3 is 3.24 bits per heavy atom. The number of nitrogens with one attached hydrogen (secondary N) is 2. The minimum atomic E-state index is 0.103. The van der Waals surface area contributed by atoms with E-state index in [4.69, 9.17) is 4.74 Å². The first kappa shape index (κ1) is 13.9. The summed E-state index contributed by atoms with van der Waals surface area (Å²) in [5.41, 5.74) is 1.32. The van der Waals surface area contributed by atoms with E-state index in [0.717, 1.165) is 25.9 Å². The quantitative estimate of drug-likeness (QED) is 0.490. The molecular formula is C13H22N2O2. The summed E-state index contributed by atoms with van der Waals surface area (Å²) < 4.78 is 5.21. The molecule has 17 heavy (non-hydrogen) atoms. The van der Waals surface area contributed by atoms with Gasteiger partial charge in [-0.25, -0.2) is 0 Å². The van der Waals surface area contributed by atoms with E-state index in [1.807, 2.05) is 0 Å². The second kappa shape index (κ2) is 8.96. The molecule has 0 fully saturated rings. The monoisotopic (exact) mass is 238 g/mol. The summed E-state index contributed by atoms with van der Waals surface area (Å²) >= 11 is 0. The molecule has 0 saturated carbocycles. The van der Waals surface area contributed by atoms with Crippen molar-refractivity contribution in [1.82, 2.24) is 10.6 Å². The Labute approximate surface area is 103 Å². The van der Waals surface area contributed by atoms with Crippen LogP contribution in [0.1, 0.15) is 19.3 Å². The maximum Gasteiger partial charge on any atom is 0.220 e. The summed E-state index contributed by atoms with van der Waals surface area (Å²) in [6.45, 7) is 7.35. The van der Waals surface area contributed by atoms with Crippen molar-refractivity contribution in [3.8, 4) is 0 Å². The highest BCUT2D eigenvalue weighted by Gasteiger charge is 2.05. The molecule has 1 amide bonds. The lowest BCUT2D eigenvalue weighted by Gasteiger charge is -2.14. The average Bonchev–Trinajstić information content (AvgIpc) is 2.37. The third kappa shape index (κ3) is 6.92. The summed E-state index contributed by atoms with van der Waals surface area (Å²) in [5, 5.41) is 6.18. The lowest BCUT2D eigenvalue weighted by molar-refractivity contribution is -0.121. The highest BCUT2D eigenvalue weighted by molar-refractivity contribution is 5.76. The first-order valence-electron chi connectivity index (χ1n) is 6.17. The third-order valence-electron chi connectivity index (χ3n) is 2.60. The van der Waals surface area contributed by atoms with Crippen LogP contribution in [0.25, 0.3) is 0 Å². The first-order chi connectivity index (χ1) is 8.33. The van der Waals surface area contributed by atoms with Crippen LogP contribution in [0.5, 0.6) is 0 Å². The minimum Gasteiger partial charge on any atom is -0.377 e. The first-order valence-corrected chi connectivity index (χ1v) is 6.17. The summed E-state index contributed by atoms with van der Waals surface area (Å²) in [7, 11) is 0. The van der Waals surface area contributed by atoms with Gasteiger partial charge in [0.25, 0.3) is 0 Å². The Morgan fingerprint density at radius 1 is 1.65 bits per heavy atom. The van der Waals surface area contributed by atoms with Gasteiger partial charge in [-0.3, -0.25) is 4.79 Å². The van der Waals surface area contributed by atoms with Crippen LogP contribution in [0, 0.1) is 0 Å². The van der Waals surface area contributed by atoms with Gasteiger partial charge >= 0.3 is 0 Å². The number of carbonyl (C=O) groups is 1. The van der Waals surface area contributed by atoms with Crippen molar-refractivity contribution in [3.05, 3.63) is 24.3 Å². The van der Waals surface area contributed by atoms with Gasteiger partial charge < -0.3 is 15.4 Å². The molecule has 0 radical (unpaired) electrons. The van der Waals surface area contributed by atoms with Crippen LogP contribution in [0.2, 0.25) is 0 Å². The number of rotatable bonds is 8. The molecule has 1 heterocycles. The highest BCUT2D eigenvalue weighted by Crippen LogP contribution is 2.02. The second-order valence-electron chi connectivity index (χ2n) is 4.06. The van der Waals surface area contributed by atoms with Crippen molar-refractivity contribution in [3.63, 3.8) is 0 Å². The van der Waals surface area contributed by atoms with Crippen molar-refractivity contribution in [2.24, 2.45) is 0 Å². The van der Waals surface area contributed by atoms with Gasteiger partial charge in [0.05, 0.1) is 6.61 Å². The molecule has 0 aliphatic carbocycles. The van der Waals surface area contributed by atoms with E-state index in [2.05, 4.69) is 23.3 Å². The van der Waals surface area contributed by atoms with Crippen molar-refractivity contribution in [2.75, 3.05) is 32.8 Å². The Morgan fingerprint density at radius 2 is 2.53 bits per heavy atom. The molecule has 4 nitrogen and oxygen atoms in total. The van der Waals surface area contributed by atoms with Gasteiger partial charge in [-0.05, 0) is 19.4 Å². The van der Waals surface area contributed by atoms with Crippen molar-refractivity contribution < 1.29 is 9.53 Å². The molecular weight excluding hydrogens is 216 g/mol. The fraction of sp³-hybridized carbons (Fsp3) is 0.615. The van der Waals surface area contributed by atoms with E-state index < -0.39 is 0 Å². The fourth-order valence-corrected chi connectivity index (χ4v) is 1.63. The molecule has 0 aromatic rings. The van der Waals surface area contributed by atoms with E-state index >= 15 is 0 Å². The van der Waals surface area contributed by atoms with E-state index in [1.165, 1.54) is 5.57 Å². The number of hydrogen-bond acceptors (Lipinski definition) is 3. The predicted molar refractivity (Wildman–Crippen MR) is 68.8 cm³/mol. The van der Waals surface area contributed by atoms with Gasteiger partial charge in [0.1, 0.15) is 0 Å². The maximum atomic E-state index is 11.5. The van der Waals surface area contributed by atoms with E-state index in [1.54, 1.807) is 6.08 Å². The second-order valence-corrected chi connectivity index (χ2v) is 4.06. The fourth-order valence-electron chi connectivity index (χ4n) is 1.63. The molecule has 96 valence electrons. The Hall–Kier alpha value is -1.13.